The van der Waals surface area contributed by atoms with Crippen LogP contribution in [0, 0.1) is 13.8 Å². The Bertz CT molecular complexity index is 660. The fourth-order valence-electron chi connectivity index (χ4n) is 1.75. The number of carbonyl (C=O) groups excluding carboxylic acids is 1. The zero-order chi connectivity index (χ0) is 14.4. The first-order valence-electron chi connectivity index (χ1n) is 5.27. The van der Waals surface area contributed by atoms with Crippen molar-refractivity contribution in [3.63, 3.8) is 0 Å². The van der Waals surface area contributed by atoms with E-state index in [9.17, 15) is 18.0 Å². The van der Waals surface area contributed by atoms with E-state index in [-0.39, 0.29) is 22.6 Å². The molecule has 0 aromatic carbocycles. The minimum absolute atomic E-state index is 0.00102. The molecule has 0 saturated carbocycles. The molecule has 1 N–H and O–H groups in total. The van der Waals surface area contributed by atoms with Crippen molar-refractivity contribution in [2.45, 2.75) is 13.1 Å². The van der Waals surface area contributed by atoms with E-state index >= 15 is 0 Å². The summed E-state index contributed by atoms with van der Waals surface area (Å²) in [5, 5.41) is 6.19. The minimum Gasteiger partial charge on any atom is -0.355 e. The van der Waals surface area contributed by atoms with Gasteiger partial charge in [-0.2, -0.15) is 18.3 Å². The van der Waals surface area contributed by atoms with Crippen LogP contribution in [0.2, 0.25) is 0 Å². The first-order valence-corrected chi connectivity index (χ1v) is 5.27. The number of nitrogens with zero attached hydrogens (tertiary/aromatic N) is 3. The lowest BCUT2D eigenvalue weighted by Gasteiger charge is -2.04. The number of rotatable bonds is 1. The molecule has 1 amide bonds. The lowest BCUT2D eigenvalue weighted by atomic mass is 10.2. The lowest BCUT2D eigenvalue weighted by molar-refractivity contribution is -0.141. The summed E-state index contributed by atoms with van der Waals surface area (Å²) in [6.07, 6.45) is -4.60. The highest BCUT2D eigenvalue weighted by molar-refractivity contribution is 5.99. The van der Waals surface area contributed by atoms with E-state index in [0.29, 0.717) is 0 Å². The number of imidazole rings is 1. The Labute approximate surface area is 106 Å². The topological polar surface area (TPSA) is 59.3 Å². The molecule has 8 heteroatoms. The maximum atomic E-state index is 12.8. The Balaban J connectivity index is 2.83. The van der Waals surface area contributed by atoms with Gasteiger partial charge < -0.3 is 5.32 Å². The smallest absolute Gasteiger partial charge is 0.355 e. The highest BCUT2D eigenvalue weighted by atomic mass is 19.4. The van der Waals surface area contributed by atoms with Crippen molar-refractivity contribution in [3.05, 3.63) is 35.6 Å². The summed E-state index contributed by atoms with van der Waals surface area (Å²) < 4.78 is 39.3. The first kappa shape index (κ1) is 13.3. The van der Waals surface area contributed by atoms with Gasteiger partial charge in [0.05, 0.1) is 17.0 Å². The van der Waals surface area contributed by atoms with Gasteiger partial charge in [0.15, 0.2) is 11.3 Å². The highest BCUT2D eigenvalue weighted by Gasteiger charge is 2.37. The highest BCUT2D eigenvalue weighted by Crippen LogP contribution is 2.31. The molecule has 0 spiro atoms. The monoisotopic (exact) mass is 271 g/mol. The van der Waals surface area contributed by atoms with Crippen molar-refractivity contribution in [3.8, 4) is 0 Å². The fraction of sp³-hybridized carbons (Fsp3) is 0.273. The number of aromatic nitrogens is 3. The van der Waals surface area contributed by atoms with Gasteiger partial charge in [0, 0.05) is 7.05 Å². The largest absolute Gasteiger partial charge is 0.435 e. The second-order valence-corrected chi connectivity index (χ2v) is 3.91. The van der Waals surface area contributed by atoms with Crippen LogP contribution in [-0.4, -0.2) is 27.6 Å². The quantitative estimate of drug-likeness (QED) is 0.857. The van der Waals surface area contributed by atoms with Gasteiger partial charge in [-0.15, -0.1) is 0 Å². The maximum absolute atomic E-state index is 12.8. The zero-order valence-corrected chi connectivity index (χ0v) is 10.2. The van der Waals surface area contributed by atoms with Crippen LogP contribution in [0.4, 0.5) is 13.2 Å². The van der Waals surface area contributed by atoms with E-state index in [4.69, 9.17) is 0 Å². The fourth-order valence-corrected chi connectivity index (χ4v) is 1.75. The molecule has 101 valence electrons. The van der Waals surface area contributed by atoms with Crippen molar-refractivity contribution >= 4 is 11.6 Å². The van der Waals surface area contributed by atoms with E-state index in [2.05, 4.69) is 22.3 Å². The molecule has 0 unspecified atom stereocenters. The summed E-state index contributed by atoms with van der Waals surface area (Å²) >= 11 is 0. The van der Waals surface area contributed by atoms with Gasteiger partial charge in [-0.1, -0.05) is 0 Å². The maximum Gasteiger partial charge on any atom is 0.435 e. The SMILES string of the molecule is [CH2]c1cc(C(=O)NC)c2nc(C(F)(F)F)c(C)n2n1. The zero-order valence-electron chi connectivity index (χ0n) is 10.2. The van der Waals surface area contributed by atoms with Gasteiger partial charge in [0.25, 0.3) is 5.91 Å². The summed E-state index contributed by atoms with van der Waals surface area (Å²) in [4.78, 5) is 15.1. The number of amides is 1. The molecule has 0 aliphatic carbocycles. The number of aryl methyl sites for hydroxylation is 1. The van der Waals surface area contributed by atoms with E-state index in [1.807, 2.05) is 0 Å². The predicted molar refractivity (Wildman–Crippen MR) is 60.6 cm³/mol. The molecule has 0 aliphatic rings. The van der Waals surface area contributed by atoms with Crippen LogP contribution in [0.3, 0.4) is 0 Å². The molecule has 0 fully saturated rings. The molecule has 2 aromatic rings. The van der Waals surface area contributed by atoms with Crippen LogP contribution in [-0.2, 0) is 6.18 Å². The summed E-state index contributed by atoms with van der Waals surface area (Å²) in [7, 11) is 1.38. The van der Waals surface area contributed by atoms with E-state index < -0.39 is 17.8 Å². The third kappa shape index (κ3) is 2.13. The molecule has 19 heavy (non-hydrogen) atoms. The summed E-state index contributed by atoms with van der Waals surface area (Å²) in [6.45, 7) is 4.78. The summed E-state index contributed by atoms with van der Waals surface area (Å²) in [5.41, 5.74) is -1.20. The number of nitrogens with one attached hydrogen (secondary N) is 1. The summed E-state index contributed by atoms with van der Waals surface area (Å²) in [5.74, 6) is -0.545. The number of fused-ring (bicyclic) bond motifs is 1. The van der Waals surface area contributed by atoms with Gasteiger partial charge in [-0.25, -0.2) is 9.50 Å². The number of carbonyl (C=O) groups is 1. The Kier molecular flexibility index (Phi) is 2.95. The normalized spacial score (nSPS) is 11.9. The van der Waals surface area contributed by atoms with Crippen molar-refractivity contribution < 1.29 is 18.0 Å². The molecule has 2 heterocycles. The van der Waals surface area contributed by atoms with E-state index in [0.717, 1.165) is 4.52 Å². The van der Waals surface area contributed by atoms with Crippen molar-refractivity contribution in [1.29, 1.82) is 0 Å². The van der Waals surface area contributed by atoms with Crippen LogP contribution < -0.4 is 5.32 Å². The van der Waals surface area contributed by atoms with Gasteiger partial charge in [0.1, 0.15) is 0 Å². The number of hydrogen-bond donors (Lipinski definition) is 1. The molecular weight excluding hydrogens is 261 g/mol. The second-order valence-electron chi connectivity index (χ2n) is 3.91. The number of halogens is 3. The molecule has 2 aromatic heterocycles. The number of hydrogen-bond acceptors (Lipinski definition) is 3. The van der Waals surface area contributed by atoms with Gasteiger partial charge in [-0.3, -0.25) is 4.79 Å². The van der Waals surface area contributed by atoms with E-state index in [1.54, 1.807) is 0 Å². The molecule has 0 atom stereocenters. The average Bonchev–Trinajstić information content (AvgIpc) is 2.65. The molecule has 0 bridgehead atoms. The Morgan fingerprint density at radius 2 is 2.11 bits per heavy atom. The Morgan fingerprint density at radius 1 is 1.47 bits per heavy atom. The van der Waals surface area contributed by atoms with Crippen LogP contribution in [0.1, 0.15) is 27.4 Å². The van der Waals surface area contributed by atoms with Crippen LogP contribution in [0.15, 0.2) is 6.07 Å². The van der Waals surface area contributed by atoms with Gasteiger partial charge >= 0.3 is 6.18 Å². The number of alkyl halides is 3. The predicted octanol–water partition coefficient (Wildman–Crippen LogP) is 1.60. The molecule has 5 nitrogen and oxygen atoms in total. The van der Waals surface area contributed by atoms with Gasteiger partial charge in [0.2, 0.25) is 0 Å². The molecule has 2 rings (SSSR count). The molecule has 0 aliphatic heterocycles. The summed E-state index contributed by atoms with van der Waals surface area (Å²) in [6, 6.07) is 1.29. The molecule has 1 radical (unpaired) electrons. The average molecular weight is 271 g/mol. The first-order chi connectivity index (χ1) is 8.75. The van der Waals surface area contributed by atoms with Crippen molar-refractivity contribution in [2.75, 3.05) is 7.05 Å². The second kappa shape index (κ2) is 4.22. The molecular formula is C11H10F3N4O. The third-order valence-corrected chi connectivity index (χ3v) is 2.60. The van der Waals surface area contributed by atoms with Gasteiger partial charge in [-0.05, 0) is 19.9 Å². The molecule has 0 saturated heterocycles. The minimum atomic E-state index is -4.60. The van der Waals surface area contributed by atoms with Crippen molar-refractivity contribution in [2.24, 2.45) is 0 Å². The van der Waals surface area contributed by atoms with E-state index in [1.165, 1.54) is 20.0 Å². The lowest BCUT2D eigenvalue weighted by Crippen LogP contribution is -2.19. The standard InChI is InChI=1S/C11H10F3N4O/c1-5-4-7(10(19)15-3)9-16-8(11(12,13)14)6(2)18(9)17-5/h4H,1H2,2-3H3,(H,15,19). The Morgan fingerprint density at radius 3 is 2.63 bits per heavy atom. The van der Waals surface area contributed by atoms with Crippen molar-refractivity contribution in [1.82, 2.24) is 19.9 Å². The van der Waals surface area contributed by atoms with Crippen LogP contribution in [0.5, 0.6) is 0 Å². The Hall–Kier alpha value is -2.12. The third-order valence-electron chi connectivity index (χ3n) is 2.60. The van der Waals surface area contributed by atoms with Crippen LogP contribution >= 0.6 is 0 Å². The van der Waals surface area contributed by atoms with Crippen LogP contribution in [0.25, 0.3) is 5.65 Å².